The molecule has 49 heavy (non-hydrogen) atoms. The van der Waals surface area contributed by atoms with Crippen molar-refractivity contribution >= 4 is 52.9 Å². The molecule has 15 heteroatoms. The van der Waals surface area contributed by atoms with E-state index in [1.165, 1.54) is 4.90 Å². The molecule has 262 valence electrons. The highest BCUT2D eigenvalue weighted by Gasteiger charge is 2.27. The van der Waals surface area contributed by atoms with Crippen molar-refractivity contribution in [3.8, 4) is 17.2 Å². The third-order valence-corrected chi connectivity index (χ3v) is 10.2. The van der Waals surface area contributed by atoms with Gasteiger partial charge in [-0.15, -0.1) is 0 Å². The molecule has 0 atom stereocenters. The van der Waals surface area contributed by atoms with Crippen LogP contribution in [0.2, 0.25) is 0 Å². The summed E-state index contributed by atoms with van der Waals surface area (Å²) < 4.78 is 61.0. The lowest BCUT2D eigenvalue weighted by Crippen LogP contribution is -2.39. The van der Waals surface area contributed by atoms with Crippen molar-refractivity contribution in [2.24, 2.45) is 0 Å². The topological polar surface area (TPSA) is 156 Å². The van der Waals surface area contributed by atoms with Crippen LogP contribution in [0.1, 0.15) is 23.2 Å². The van der Waals surface area contributed by atoms with Gasteiger partial charge in [-0.25, -0.2) is 16.8 Å². The van der Waals surface area contributed by atoms with Gasteiger partial charge in [0.1, 0.15) is 22.8 Å². The fourth-order valence-electron chi connectivity index (χ4n) is 6.33. The second-order valence-electron chi connectivity index (χ2n) is 12.7. The van der Waals surface area contributed by atoms with Crippen molar-refractivity contribution in [2.75, 3.05) is 82.1 Å². The summed E-state index contributed by atoms with van der Waals surface area (Å²) in [5.74, 6) is -0.188. The molecule has 2 aliphatic rings. The number of rotatable bonds is 14. The summed E-state index contributed by atoms with van der Waals surface area (Å²) in [7, 11) is -6.85. The zero-order valence-corrected chi connectivity index (χ0v) is 29.2. The molecule has 0 radical (unpaired) electrons. The number of morpholine rings is 1. The van der Waals surface area contributed by atoms with Crippen LogP contribution in [-0.4, -0.2) is 114 Å². The number of hydrogen-bond donors (Lipinski definition) is 2. The minimum Gasteiger partial charge on any atom is -0.451 e. The molecule has 6 rings (SSSR count). The molecule has 0 aliphatic carbocycles. The highest BCUT2D eigenvalue weighted by atomic mass is 32.2. The van der Waals surface area contributed by atoms with Crippen LogP contribution in [0.25, 0.3) is 27.4 Å². The lowest BCUT2D eigenvalue weighted by atomic mass is 10.0. The maximum atomic E-state index is 13.8. The lowest BCUT2D eigenvalue weighted by molar-refractivity contribution is 0.0398. The molecule has 1 amide bonds. The van der Waals surface area contributed by atoms with E-state index >= 15 is 0 Å². The molecular formula is C34H41N5O8S2. The summed E-state index contributed by atoms with van der Waals surface area (Å²) in [6, 6.07) is 15.4. The third kappa shape index (κ3) is 8.41. The molecule has 3 heterocycles. The summed E-state index contributed by atoms with van der Waals surface area (Å²) >= 11 is 0. The quantitative estimate of drug-likeness (QED) is 0.163. The van der Waals surface area contributed by atoms with Crippen LogP contribution >= 0.6 is 0 Å². The Hall–Kier alpha value is -4.02. The number of pyridine rings is 1. The number of ether oxygens (including phenoxy) is 2. The Kier molecular flexibility index (Phi) is 10.3. The molecule has 0 saturated carbocycles. The first kappa shape index (κ1) is 34.8. The fourth-order valence-corrected chi connectivity index (χ4v) is 8.22. The highest BCUT2D eigenvalue weighted by Crippen LogP contribution is 2.45. The van der Waals surface area contributed by atoms with E-state index in [0.29, 0.717) is 60.7 Å². The van der Waals surface area contributed by atoms with Gasteiger partial charge in [0.2, 0.25) is 5.43 Å². The molecule has 1 saturated heterocycles. The van der Waals surface area contributed by atoms with Crippen molar-refractivity contribution in [2.45, 2.75) is 12.8 Å². The first-order valence-electron chi connectivity index (χ1n) is 16.2. The molecular weight excluding hydrogens is 671 g/mol. The largest absolute Gasteiger partial charge is 0.451 e. The molecule has 1 fully saturated rings. The Morgan fingerprint density at radius 1 is 0.918 bits per heavy atom. The molecule has 0 unspecified atom stereocenters. The second kappa shape index (κ2) is 14.5. The second-order valence-corrected chi connectivity index (χ2v) is 16.9. The minimum atomic E-state index is -3.43. The van der Waals surface area contributed by atoms with E-state index < -0.39 is 31.0 Å². The van der Waals surface area contributed by atoms with Crippen LogP contribution in [0.4, 0.5) is 5.69 Å². The van der Waals surface area contributed by atoms with Crippen LogP contribution < -0.4 is 20.8 Å². The van der Waals surface area contributed by atoms with Gasteiger partial charge >= 0.3 is 0 Å². The van der Waals surface area contributed by atoms with E-state index in [-0.39, 0.29) is 30.4 Å². The molecule has 0 spiro atoms. The lowest BCUT2D eigenvalue weighted by Gasteiger charge is -2.28. The van der Waals surface area contributed by atoms with Crippen LogP contribution in [0.3, 0.4) is 0 Å². The molecule has 4 aromatic rings. The van der Waals surface area contributed by atoms with Gasteiger partial charge in [-0.1, -0.05) is 24.3 Å². The monoisotopic (exact) mass is 711 g/mol. The zero-order chi connectivity index (χ0) is 34.8. The molecule has 0 bridgehead atoms. The highest BCUT2D eigenvalue weighted by molar-refractivity contribution is 7.91. The van der Waals surface area contributed by atoms with Crippen molar-refractivity contribution in [3.05, 3.63) is 70.5 Å². The van der Waals surface area contributed by atoms with Gasteiger partial charge in [-0.05, 0) is 47.9 Å². The van der Waals surface area contributed by atoms with E-state index in [1.54, 1.807) is 12.3 Å². The Balaban J connectivity index is 1.25. The number of aromatic nitrogens is 1. The number of amides is 1. The molecule has 2 N–H and O–H groups in total. The number of nitrogens with one attached hydrogen (secondary N) is 2. The Labute approximate surface area is 285 Å². The molecule has 1 aromatic heterocycles. The van der Waals surface area contributed by atoms with Crippen molar-refractivity contribution < 1.29 is 31.1 Å². The van der Waals surface area contributed by atoms with E-state index in [9.17, 15) is 26.4 Å². The van der Waals surface area contributed by atoms with Gasteiger partial charge in [0.05, 0.1) is 30.0 Å². The van der Waals surface area contributed by atoms with Crippen molar-refractivity contribution in [1.82, 2.24) is 19.7 Å². The first-order valence-corrected chi connectivity index (χ1v) is 20.3. The fraction of sp³-hybridized carbons (Fsp3) is 0.412. The average molecular weight is 712 g/mol. The SMILES string of the molecule is CS(=O)(=O)CN(CCCCNC(=O)c1cn2c3c(c(NCCN4CCOCC4)ccc3c1=O)Oc1cc3ccccc3cc1-2)CS(C)(=O)=O. The van der Waals surface area contributed by atoms with Crippen LogP contribution in [0.5, 0.6) is 11.5 Å². The maximum absolute atomic E-state index is 13.8. The van der Waals surface area contributed by atoms with Gasteiger partial charge in [-0.3, -0.25) is 19.4 Å². The number of anilines is 1. The molecule has 13 nitrogen and oxygen atoms in total. The molecule has 3 aromatic carbocycles. The minimum absolute atomic E-state index is 0.0248. The number of nitrogens with zero attached hydrogens (tertiary/aromatic N) is 3. The van der Waals surface area contributed by atoms with Crippen molar-refractivity contribution in [3.63, 3.8) is 0 Å². The number of fused-ring (bicyclic) bond motifs is 3. The van der Waals surface area contributed by atoms with E-state index in [1.807, 2.05) is 47.0 Å². The van der Waals surface area contributed by atoms with Gasteiger partial charge in [0, 0.05) is 58.0 Å². The van der Waals surface area contributed by atoms with Crippen LogP contribution in [0, 0.1) is 0 Å². The average Bonchev–Trinajstić information content (AvgIpc) is 3.04. The zero-order valence-electron chi connectivity index (χ0n) is 27.6. The van der Waals surface area contributed by atoms with E-state index in [2.05, 4.69) is 15.5 Å². The number of unbranched alkanes of at least 4 members (excludes halogenated alkanes) is 1. The maximum Gasteiger partial charge on any atom is 0.256 e. The van der Waals surface area contributed by atoms with E-state index in [0.717, 1.165) is 48.6 Å². The summed E-state index contributed by atoms with van der Waals surface area (Å²) in [5.41, 5.74) is 1.56. The summed E-state index contributed by atoms with van der Waals surface area (Å²) in [6.07, 6.45) is 4.56. The smallest absolute Gasteiger partial charge is 0.256 e. The Morgan fingerprint density at radius 3 is 2.31 bits per heavy atom. The number of sulfone groups is 2. The Bertz CT molecular complexity index is 2130. The number of carbonyl (C=O) groups is 1. The standard InChI is InChI=1S/C34H41N5O8S2/c1-48(42,43)22-38(23-49(2,44)45)13-6-5-11-36-34(41)27-21-39-29-19-24-7-3-4-8-25(24)20-30(29)47-33-28(10-9-26(31(33)39)32(27)40)35-12-14-37-15-17-46-18-16-37/h3-4,7-10,19-21,35H,5-6,11-18,22-23H2,1-2H3,(H,36,41). The predicted octanol–water partition coefficient (Wildman–Crippen LogP) is 2.81. The Morgan fingerprint density at radius 2 is 1.61 bits per heavy atom. The molecule has 2 aliphatic heterocycles. The van der Waals surface area contributed by atoms with Gasteiger partial charge in [0.25, 0.3) is 5.91 Å². The van der Waals surface area contributed by atoms with Crippen LogP contribution in [0.15, 0.2) is 59.5 Å². The summed E-state index contributed by atoms with van der Waals surface area (Å²) in [6.45, 7) is 5.09. The third-order valence-electron chi connectivity index (χ3n) is 8.53. The summed E-state index contributed by atoms with van der Waals surface area (Å²) in [5, 5.41) is 8.62. The normalized spacial score (nSPS) is 14.9. The number of carbonyl (C=O) groups excluding carboxylic acids is 1. The number of benzene rings is 3. The predicted molar refractivity (Wildman–Crippen MR) is 191 cm³/mol. The van der Waals surface area contributed by atoms with Gasteiger partial charge in [-0.2, -0.15) is 0 Å². The van der Waals surface area contributed by atoms with Crippen molar-refractivity contribution in [1.29, 1.82) is 0 Å². The van der Waals surface area contributed by atoms with E-state index in [4.69, 9.17) is 9.47 Å². The van der Waals surface area contributed by atoms with Gasteiger partial charge in [0.15, 0.2) is 31.2 Å². The van der Waals surface area contributed by atoms with Crippen LogP contribution in [-0.2, 0) is 24.4 Å². The number of hydrogen-bond acceptors (Lipinski definition) is 11. The summed E-state index contributed by atoms with van der Waals surface area (Å²) in [4.78, 5) is 31.0. The van der Waals surface area contributed by atoms with Gasteiger partial charge < -0.3 is 24.7 Å². The first-order chi connectivity index (χ1) is 23.4.